The molecule has 0 saturated heterocycles. The summed E-state index contributed by atoms with van der Waals surface area (Å²) in [6.45, 7) is 4.18. The number of anilines is 1. The number of rotatable bonds is 9. The van der Waals surface area contributed by atoms with Crippen molar-refractivity contribution in [2.75, 3.05) is 19.0 Å². The molecule has 0 aliphatic carbocycles. The number of amides is 1. The van der Waals surface area contributed by atoms with Gasteiger partial charge in [-0.15, -0.1) is 0 Å². The Morgan fingerprint density at radius 1 is 1.30 bits per heavy atom. The molecule has 0 fully saturated rings. The van der Waals surface area contributed by atoms with E-state index in [9.17, 15) is 14.9 Å². The van der Waals surface area contributed by atoms with E-state index >= 15 is 0 Å². The van der Waals surface area contributed by atoms with Crippen LogP contribution in [-0.2, 0) is 0 Å². The molecule has 1 N–H and O–H groups in total. The topological polar surface area (TPSA) is 75.5 Å². The van der Waals surface area contributed by atoms with Crippen molar-refractivity contribution < 1.29 is 9.72 Å². The molecule has 6 heteroatoms. The Balaban J connectivity index is 2.86. The Morgan fingerprint density at radius 2 is 2.00 bits per heavy atom. The third-order valence-corrected chi connectivity index (χ3v) is 3.90. The van der Waals surface area contributed by atoms with Crippen molar-refractivity contribution in [3.8, 4) is 0 Å². The molecule has 1 aromatic carbocycles. The zero-order valence-electron chi connectivity index (χ0n) is 14.5. The van der Waals surface area contributed by atoms with Gasteiger partial charge < -0.3 is 10.2 Å². The van der Waals surface area contributed by atoms with E-state index in [2.05, 4.69) is 12.2 Å². The van der Waals surface area contributed by atoms with Crippen LogP contribution in [0.25, 0.3) is 0 Å². The lowest BCUT2D eigenvalue weighted by Gasteiger charge is -2.18. The molecule has 1 atom stereocenters. The first-order chi connectivity index (χ1) is 10.9. The summed E-state index contributed by atoms with van der Waals surface area (Å²) in [6.07, 6.45) is 5.16. The summed E-state index contributed by atoms with van der Waals surface area (Å²) in [4.78, 5) is 24.8. The number of benzene rings is 1. The molecule has 0 aliphatic heterocycles. The highest BCUT2D eigenvalue weighted by Crippen LogP contribution is 2.27. The summed E-state index contributed by atoms with van der Waals surface area (Å²) in [5.74, 6) is -0.248. The number of nitro benzene ring substituents is 1. The average molecular weight is 321 g/mol. The Kier molecular flexibility index (Phi) is 7.51. The Labute approximate surface area is 138 Å². The molecule has 0 aliphatic rings. The first kappa shape index (κ1) is 18.9. The van der Waals surface area contributed by atoms with Crippen molar-refractivity contribution in [2.45, 2.75) is 52.0 Å². The van der Waals surface area contributed by atoms with Crippen LogP contribution in [0.5, 0.6) is 0 Å². The van der Waals surface area contributed by atoms with Gasteiger partial charge in [0, 0.05) is 31.8 Å². The van der Waals surface area contributed by atoms with Crippen LogP contribution < -0.4 is 10.2 Å². The molecule has 1 rings (SSSR count). The molecule has 1 amide bonds. The van der Waals surface area contributed by atoms with E-state index in [1.165, 1.54) is 6.07 Å². The molecule has 1 unspecified atom stereocenters. The second-order valence-corrected chi connectivity index (χ2v) is 5.93. The van der Waals surface area contributed by atoms with Gasteiger partial charge in [-0.25, -0.2) is 0 Å². The highest BCUT2D eigenvalue weighted by Gasteiger charge is 2.20. The summed E-state index contributed by atoms with van der Waals surface area (Å²) in [6, 6.07) is 4.71. The Morgan fingerprint density at radius 3 is 2.52 bits per heavy atom. The van der Waals surface area contributed by atoms with Gasteiger partial charge >= 0.3 is 0 Å². The number of carbonyl (C=O) groups excluding carboxylic acids is 1. The van der Waals surface area contributed by atoms with Gasteiger partial charge in [0.25, 0.3) is 11.6 Å². The smallest absolute Gasteiger partial charge is 0.293 e. The molecule has 1 aromatic rings. The number of hydrogen-bond donors (Lipinski definition) is 1. The quantitative estimate of drug-likeness (QED) is 0.427. The summed E-state index contributed by atoms with van der Waals surface area (Å²) >= 11 is 0. The SMILES string of the molecule is CCCCCC(CC)NC(=O)c1ccc(N(C)C)c([N+](=O)[O-])c1. The van der Waals surface area contributed by atoms with E-state index < -0.39 is 4.92 Å². The van der Waals surface area contributed by atoms with E-state index in [0.717, 1.165) is 32.1 Å². The first-order valence-corrected chi connectivity index (χ1v) is 8.17. The molecule has 23 heavy (non-hydrogen) atoms. The highest BCUT2D eigenvalue weighted by atomic mass is 16.6. The molecular weight excluding hydrogens is 294 g/mol. The average Bonchev–Trinajstić information content (AvgIpc) is 2.53. The number of nitro groups is 1. The first-order valence-electron chi connectivity index (χ1n) is 8.17. The third-order valence-electron chi connectivity index (χ3n) is 3.90. The molecule has 0 saturated carbocycles. The maximum absolute atomic E-state index is 12.4. The van der Waals surface area contributed by atoms with E-state index in [4.69, 9.17) is 0 Å². The van der Waals surface area contributed by atoms with Crippen LogP contribution in [0, 0.1) is 10.1 Å². The van der Waals surface area contributed by atoms with E-state index in [-0.39, 0.29) is 17.6 Å². The molecule has 0 radical (unpaired) electrons. The monoisotopic (exact) mass is 321 g/mol. The van der Waals surface area contributed by atoms with Crippen molar-refractivity contribution >= 4 is 17.3 Å². The van der Waals surface area contributed by atoms with Crippen LogP contribution in [0.3, 0.4) is 0 Å². The van der Waals surface area contributed by atoms with Crippen LogP contribution in [0.4, 0.5) is 11.4 Å². The van der Waals surface area contributed by atoms with Crippen molar-refractivity contribution in [3.05, 3.63) is 33.9 Å². The maximum Gasteiger partial charge on any atom is 0.293 e. The lowest BCUT2D eigenvalue weighted by atomic mass is 10.1. The number of carbonyl (C=O) groups is 1. The van der Waals surface area contributed by atoms with Crippen LogP contribution >= 0.6 is 0 Å². The molecule has 0 heterocycles. The van der Waals surface area contributed by atoms with Gasteiger partial charge in [0.2, 0.25) is 0 Å². The second-order valence-electron chi connectivity index (χ2n) is 5.93. The predicted molar refractivity (Wildman–Crippen MR) is 93.1 cm³/mol. The second kappa shape index (κ2) is 9.12. The minimum atomic E-state index is -0.454. The number of nitrogens with one attached hydrogen (secondary N) is 1. The molecule has 128 valence electrons. The van der Waals surface area contributed by atoms with Gasteiger partial charge in [0.15, 0.2) is 0 Å². The fourth-order valence-electron chi connectivity index (χ4n) is 2.48. The van der Waals surface area contributed by atoms with Crippen molar-refractivity contribution in [1.29, 1.82) is 0 Å². The van der Waals surface area contributed by atoms with Gasteiger partial charge in [-0.2, -0.15) is 0 Å². The number of unbranched alkanes of at least 4 members (excludes halogenated alkanes) is 2. The Hall–Kier alpha value is -2.11. The fraction of sp³-hybridized carbons (Fsp3) is 0.588. The van der Waals surface area contributed by atoms with Gasteiger partial charge in [-0.3, -0.25) is 14.9 Å². The zero-order chi connectivity index (χ0) is 17.4. The normalized spacial score (nSPS) is 11.8. The Bertz CT molecular complexity index is 544. The van der Waals surface area contributed by atoms with Gasteiger partial charge in [-0.05, 0) is 25.0 Å². The predicted octanol–water partition coefficient (Wildman–Crippen LogP) is 3.75. The van der Waals surface area contributed by atoms with Gasteiger partial charge in [0.05, 0.1) is 4.92 Å². The van der Waals surface area contributed by atoms with Gasteiger partial charge in [0.1, 0.15) is 5.69 Å². The summed E-state index contributed by atoms with van der Waals surface area (Å²) < 4.78 is 0. The minimum Gasteiger partial charge on any atom is -0.372 e. The third kappa shape index (κ3) is 5.54. The lowest BCUT2D eigenvalue weighted by Crippen LogP contribution is -2.34. The van der Waals surface area contributed by atoms with Crippen molar-refractivity contribution in [1.82, 2.24) is 5.32 Å². The molecule has 0 aromatic heterocycles. The number of hydrogen-bond acceptors (Lipinski definition) is 4. The lowest BCUT2D eigenvalue weighted by molar-refractivity contribution is -0.384. The standard InChI is InChI=1S/C17H27N3O3/c1-5-7-8-9-14(6-2)18-17(21)13-10-11-15(19(3)4)16(12-13)20(22)23/h10-12,14H,5-9H2,1-4H3,(H,18,21). The van der Waals surface area contributed by atoms with Gasteiger partial charge in [-0.1, -0.05) is 33.1 Å². The molecule has 0 spiro atoms. The maximum atomic E-state index is 12.4. The number of nitrogens with zero attached hydrogens (tertiary/aromatic N) is 2. The van der Waals surface area contributed by atoms with Crippen LogP contribution in [-0.4, -0.2) is 31.0 Å². The summed E-state index contributed by atoms with van der Waals surface area (Å²) in [7, 11) is 3.48. The van der Waals surface area contributed by atoms with E-state index in [1.807, 2.05) is 6.92 Å². The molecule has 6 nitrogen and oxygen atoms in total. The van der Waals surface area contributed by atoms with E-state index in [1.54, 1.807) is 31.1 Å². The molecule has 0 bridgehead atoms. The van der Waals surface area contributed by atoms with Crippen LogP contribution in [0.15, 0.2) is 18.2 Å². The summed E-state index contributed by atoms with van der Waals surface area (Å²) in [5.41, 5.74) is 0.763. The van der Waals surface area contributed by atoms with Crippen LogP contribution in [0.2, 0.25) is 0 Å². The zero-order valence-corrected chi connectivity index (χ0v) is 14.5. The van der Waals surface area contributed by atoms with Crippen molar-refractivity contribution in [3.63, 3.8) is 0 Å². The largest absolute Gasteiger partial charge is 0.372 e. The van der Waals surface area contributed by atoms with Crippen LogP contribution in [0.1, 0.15) is 56.3 Å². The minimum absolute atomic E-state index is 0.0540. The summed E-state index contributed by atoms with van der Waals surface area (Å²) in [5, 5.41) is 14.2. The van der Waals surface area contributed by atoms with E-state index in [0.29, 0.717) is 11.3 Å². The molecular formula is C17H27N3O3. The highest BCUT2D eigenvalue weighted by molar-refractivity contribution is 5.96. The van der Waals surface area contributed by atoms with Crippen molar-refractivity contribution in [2.24, 2.45) is 0 Å². The fourth-order valence-corrected chi connectivity index (χ4v) is 2.48.